The van der Waals surface area contributed by atoms with Crippen molar-refractivity contribution in [2.45, 2.75) is 90.6 Å². The molecule has 0 bridgehead atoms. The highest BCUT2D eigenvalue weighted by atomic mass is 16.6. The zero-order chi connectivity index (χ0) is 26.1. The quantitative estimate of drug-likeness (QED) is 0.457. The van der Waals surface area contributed by atoms with Crippen LogP contribution in [0.25, 0.3) is 0 Å². The number of morpholine rings is 1. The van der Waals surface area contributed by atoms with E-state index in [-0.39, 0.29) is 18.1 Å². The number of nitrogens with zero attached hydrogens (tertiary/aromatic N) is 1. The van der Waals surface area contributed by atoms with Crippen molar-refractivity contribution in [2.24, 2.45) is 5.92 Å². The van der Waals surface area contributed by atoms with Crippen LogP contribution in [0.5, 0.6) is 11.5 Å². The van der Waals surface area contributed by atoms with E-state index in [0.717, 1.165) is 36.3 Å². The fourth-order valence-corrected chi connectivity index (χ4v) is 5.63. The van der Waals surface area contributed by atoms with E-state index in [4.69, 9.17) is 23.7 Å². The number of carbonyl (C=O) groups excluding carboxylic acids is 1. The molecule has 3 aliphatic rings. The van der Waals surface area contributed by atoms with Crippen LogP contribution in [-0.4, -0.2) is 60.7 Å². The molecule has 1 unspecified atom stereocenters. The summed E-state index contributed by atoms with van der Waals surface area (Å²) in [6.07, 6.45) is 4.32. The topological polar surface area (TPSA) is 66.5 Å². The molecule has 36 heavy (non-hydrogen) atoms. The van der Waals surface area contributed by atoms with Gasteiger partial charge in [0.2, 0.25) is 0 Å². The molecule has 0 aromatic heterocycles. The Labute approximate surface area is 216 Å². The summed E-state index contributed by atoms with van der Waals surface area (Å²) < 4.78 is 31.4. The summed E-state index contributed by atoms with van der Waals surface area (Å²) >= 11 is 0. The van der Waals surface area contributed by atoms with Crippen LogP contribution < -0.4 is 9.47 Å². The molecule has 1 spiro atoms. The molecule has 1 amide bonds. The van der Waals surface area contributed by atoms with Gasteiger partial charge in [-0.3, -0.25) is 0 Å². The van der Waals surface area contributed by atoms with Crippen molar-refractivity contribution in [3.05, 3.63) is 35.4 Å². The molecule has 3 heterocycles. The van der Waals surface area contributed by atoms with Crippen molar-refractivity contribution in [3.63, 3.8) is 0 Å². The van der Waals surface area contributed by atoms with Crippen LogP contribution in [0.15, 0.2) is 29.8 Å². The van der Waals surface area contributed by atoms with Crippen molar-refractivity contribution < 1.29 is 28.5 Å². The highest BCUT2D eigenvalue weighted by Gasteiger charge is 2.56. The maximum atomic E-state index is 12.9. The molecule has 7 nitrogen and oxygen atoms in total. The number of fused-ring (bicyclic) bond motifs is 3. The van der Waals surface area contributed by atoms with E-state index in [1.54, 1.807) is 4.90 Å². The van der Waals surface area contributed by atoms with Crippen LogP contribution >= 0.6 is 0 Å². The molecule has 0 N–H and O–H groups in total. The van der Waals surface area contributed by atoms with E-state index in [0.29, 0.717) is 32.9 Å². The van der Waals surface area contributed by atoms with E-state index in [9.17, 15) is 4.79 Å². The van der Waals surface area contributed by atoms with Crippen LogP contribution in [-0.2, 0) is 14.2 Å². The number of rotatable bonds is 5. The SMILES string of the molecule is CCOc1cccc2c1O[C@](C)(CCC=C(C)C)[C@H]1CC3(CO[C@H]21)CN(C(=O)OC(C)(C)C)CCO3. The zero-order valence-corrected chi connectivity index (χ0v) is 23.0. The summed E-state index contributed by atoms with van der Waals surface area (Å²) in [6.45, 7) is 16.5. The average molecular weight is 502 g/mol. The lowest BCUT2D eigenvalue weighted by atomic mass is 9.69. The maximum Gasteiger partial charge on any atom is 0.410 e. The lowest BCUT2D eigenvalue weighted by molar-refractivity contribution is -0.231. The fraction of sp³-hybridized carbons (Fsp3) is 0.690. The molecule has 4 rings (SSSR count). The highest BCUT2D eigenvalue weighted by Crippen LogP contribution is 2.55. The normalized spacial score (nSPS) is 29.6. The molecular weight excluding hydrogens is 458 g/mol. The average Bonchev–Trinajstić information content (AvgIpc) is 2.79. The number of hydrogen-bond donors (Lipinski definition) is 0. The highest BCUT2D eigenvalue weighted by molar-refractivity contribution is 5.68. The number of ether oxygens (including phenoxy) is 5. The third-order valence-electron chi connectivity index (χ3n) is 7.31. The Hall–Kier alpha value is -2.25. The van der Waals surface area contributed by atoms with E-state index in [1.807, 2.05) is 39.8 Å². The Morgan fingerprint density at radius 3 is 2.75 bits per heavy atom. The van der Waals surface area contributed by atoms with Crippen LogP contribution in [0.1, 0.15) is 79.4 Å². The minimum atomic E-state index is -0.591. The van der Waals surface area contributed by atoms with Crippen molar-refractivity contribution in [2.75, 3.05) is 32.9 Å². The van der Waals surface area contributed by atoms with Crippen LogP contribution in [0.4, 0.5) is 4.79 Å². The van der Waals surface area contributed by atoms with Crippen molar-refractivity contribution >= 4 is 6.09 Å². The molecule has 1 aromatic rings. The second kappa shape index (κ2) is 10.3. The maximum absolute atomic E-state index is 12.9. The van der Waals surface area contributed by atoms with E-state index >= 15 is 0 Å². The summed E-state index contributed by atoms with van der Waals surface area (Å²) in [7, 11) is 0. The first-order valence-electron chi connectivity index (χ1n) is 13.3. The van der Waals surface area contributed by atoms with Gasteiger partial charge in [0, 0.05) is 18.0 Å². The minimum Gasteiger partial charge on any atom is -0.490 e. The number of carbonyl (C=O) groups is 1. The molecule has 2 saturated heterocycles. The first-order chi connectivity index (χ1) is 17.0. The Morgan fingerprint density at radius 1 is 1.28 bits per heavy atom. The molecular formula is C29H43NO6. The third kappa shape index (κ3) is 5.67. The summed E-state index contributed by atoms with van der Waals surface area (Å²) in [6, 6.07) is 6.05. The summed E-state index contributed by atoms with van der Waals surface area (Å²) in [4.78, 5) is 14.6. The minimum absolute atomic E-state index is 0.0553. The fourth-order valence-electron chi connectivity index (χ4n) is 5.63. The smallest absolute Gasteiger partial charge is 0.410 e. The molecule has 0 aliphatic carbocycles. The predicted octanol–water partition coefficient (Wildman–Crippen LogP) is 6.07. The van der Waals surface area contributed by atoms with Gasteiger partial charge in [0.15, 0.2) is 11.5 Å². The summed E-state index contributed by atoms with van der Waals surface area (Å²) in [5.74, 6) is 1.60. The number of benzene rings is 1. The van der Waals surface area contributed by atoms with E-state index < -0.39 is 16.8 Å². The van der Waals surface area contributed by atoms with Gasteiger partial charge in [-0.2, -0.15) is 0 Å². The zero-order valence-electron chi connectivity index (χ0n) is 23.0. The van der Waals surface area contributed by atoms with Gasteiger partial charge in [-0.05, 0) is 73.8 Å². The van der Waals surface area contributed by atoms with E-state index in [2.05, 4.69) is 32.9 Å². The molecule has 1 aromatic carbocycles. The molecule has 0 radical (unpaired) electrons. The van der Waals surface area contributed by atoms with Crippen LogP contribution in [0, 0.1) is 5.92 Å². The van der Waals surface area contributed by atoms with Gasteiger partial charge in [0.05, 0.1) is 32.5 Å². The second-order valence-electron chi connectivity index (χ2n) is 11.8. The lowest BCUT2D eigenvalue weighted by Gasteiger charge is -2.55. The monoisotopic (exact) mass is 501 g/mol. The summed E-state index contributed by atoms with van der Waals surface area (Å²) in [5, 5.41) is 0. The van der Waals surface area contributed by atoms with Gasteiger partial charge >= 0.3 is 6.09 Å². The van der Waals surface area contributed by atoms with Gasteiger partial charge in [-0.25, -0.2) is 4.79 Å². The van der Waals surface area contributed by atoms with Gasteiger partial charge in [-0.1, -0.05) is 23.8 Å². The number of allylic oxidation sites excluding steroid dienone is 2. The third-order valence-corrected chi connectivity index (χ3v) is 7.31. The van der Waals surface area contributed by atoms with Gasteiger partial charge in [-0.15, -0.1) is 0 Å². The molecule has 4 atom stereocenters. The Balaban J connectivity index is 1.63. The Kier molecular flexibility index (Phi) is 7.63. The van der Waals surface area contributed by atoms with E-state index in [1.165, 1.54) is 5.57 Å². The Bertz CT molecular complexity index is 980. The van der Waals surface area contributed by atoms with Gasteiger partial charge < -0.3 is 28.6 Å². The van der Waals surface area contributed by atoms with Crippen molar-refractivity contribution in [1.29, 1.82) is 0 Å². The van der Waals surface area contributed by atoms with Gasteiger partial charge in [0.25, 0.3) is 0 Å². The number of hydrogen-bond acceptors (Lipinski definition) is 6. The summed E-state index contributed by atoms with van der Waals surface area (Å²) in [5.41, 5.74) is 0.704. The molecule has 0 saturated carbocycles. The first-order valence-corrected chi connectivity index (χ1v) is 13.3. The molecule has 7 heteroatoms. The second-order valence-corrected chi connectivity index (χ2v) is 11.8. The number of para-hydroxylation sites is 1. The molecule has 2 fully saturated rings. The molecule has 200 valence electrons. The van der Waals surface area contributed by atoms with Crippen molar-refractivity contribution in [1.82, 2.24) is 4.90 Å². The largest absolute Gasteiger partial charge is 0.490 e. The first kappa shape index (κ1) is 26.8. The lowest BCUT2D eigenvalue weighted by Crippen LogP contribution is -2.63. The van der Waals surface area contributed by atoms with Crippen LogP contribution in [0.2, 0.25) is 0 Å². The van der Waals surface area contributed by atoms with Crippen molar-refractivity contribution in [3.8, 4) is 11.5 Å². The Morgan fingerprint density at radius 2 is 2.06 bits per heavy atom. The predicted molar refractivity (Wildman–Crippen MR) is 139 cm³/mol. The van der Waals surface area contributed by atoms with Crippen LogP contribution in [0.3, 0.4) is 0 Å². The standard InChI is InChI=1S/C29H43NO6/c1-8-32-23-13-9-12-21-24-22(28(7,35-25(21)23)14-10-11-20(2)3)17-29(19-33-24)18-30(15-16-34-29)26(31)36-27(4,5)6/h9,11-13,22,24H,8,10,14-19H2,1-7H3/t22-,24+,28+,29?/m0/s1. The number of amides is 1. The molecule has 3 aliphatic heterocycles. The van der Waals surface area contributed by atoms with Gasteiger partial charge in [0.1, 0.15) is 16.8 Å².